The molecular weight excluding hydrogens is 332 g/mol. The Kier molecular flexibility index (Phi) is 3.48. The molecule has 0 aliphatic carbocycles. The van der Waals surface area contributed by atoms with Gasteiger partial charge in [-0.05, 0) is 23.8 Å². The van der Waals surface area contributed by atoms with Crippen LogP contribution in [0.2, 0.25) is 0 Å². The maximum atomic E-state index is 9.03. The van der Waals surface area contributed by atoms with Gasteiger partial charge in [-0.15, -0.1) is 0 Å². The van der Waals surface area contributed by atoms with Crippen LogP contribution >= 0.6 is 0 Å². The van der Waals surface area contributed by atoms with E-state index >= 15 is 0 Å². The van der Waals surface area contributed by atoms with Crippen molar-refractivity contribution in [1.29, 1.82) is 5.26 Å². The second kappa shape index (κ2) is 6.12. The van der Waals surface area contributed by atoms with Crippen LogP contribution in [0.15, 0.2) is 89.6 Å². The van der Waals surface area contributed by atoms with Crippen LogP contribution in [-0.2, 0) is 0 Å². The van der Waals surface area contributed by atoms with Gasteiger partial charge in [-0.2, -0.15) is 5.26 Å². The fourth-order valence-electron chi connectivity index (χ4n) is 3.52. The van der Waals surface area contributed by atoms with Crippen molar-refractivity contribution in [3.05, 3.63) is 90.8 Å². The van der Waals surface area contributed by atoms with Crippen LogP contribution in [0.5, 0.6) is 0 Å². The molecule has 0 spiro atoms. The van der Waals surface area contributed by atoms with E-state index in [0.29, 0.717) is 5.56 Å². The van der Waals surface area contributed by atoms with Gasteiger partial charge in [-0.1, -0.05) is 54.6 Å². The number of hydrogen-bond donors (Lipinski definition) is 0. The number of pyridine rings is 1. The summed E-state index contributed by atoms with van der Waals surface area (Å²) < 4.78 is 6.39. The smallest absolute Gasteiger partial charge is 0.143 e. The van der Waals surface area contributed by atoms with Gasteiger partial charge in [0, 0.05) is 39.9 Å². The normalized spacial score (nSPS) is 10.9. The molecule has 3 nitrogen and oxygen atoms in total. The van der Waals surface area contributed by atoms with E-state index in [2.05, 4.69) is 35.3 Å². The highest BCUT2D eigenvalue weighted by atomic mass is 16.3. The molecule has 0 atom stereocenters. The van der Waals surface area contributed by atoms with Crippen molar-refractivity contribution < 1.29 is 4.42 Å². The predicted octanol–water partition coefficient (Wildman–Crippen LogP) is 6.19. The Hall–Kier alpha value is -3.90. The van der Waals surface area contributed by atoms with E-state index in [-0.39, 0.29) is 0 Å². The third-order valence-corrected chi connectivity index (χ3v) is 4.82. The van der Waals surface area contributed by atoms with Gasteiger partial charge in [0.15, 0.2) is 0 Å². The first-order chi connectivity index (χ1) is 13.3. The van der Waals surface area contributed by atoms with Crippen LogP contribution in [0, 0.1) is 11.3 Å². The minimum atomic E-state index is 0.648. The van der Waals surface area contributed by atoms with Crippen molar-refractivity contribution in [2.24, 2.45) is 0 Å². The first-order valence-corrected chi connectivity index (χ1v) is 8.70. The van der Waals surface area contributed by atoms with Gasteiger partial charge in [0.2, 0.25) is 0 Å². The molecule has 3 heteroatoms. The number of para-hydroxylation sites is 2. The molecule has 0 unspecified atom stereocenters. The molecule has 5 rings (SSSR count). The standard InChI is InChI=1S/C24H14N2O/c25-14-16-9-11-17(12-10-16)19-5-1-7-21-22-8-2-6-20(24(22)27-23(19)21)18-4-3-13-26-15-18/h1-13,15H. The third kappa shape index (κ3) is 2.47. The summed E-state index contributed by atoms with van der Waals surface area (Å²) in [5.41, 5.74) is 6.47. The van der Waals surface area contributed by atoms with Crippen LogP contribution in [-0.4, -0.2) is 4.98 Å². The van der Waals surface area contributed by atoms with Gasteiger partial charge in [0.25, 0.3) is 0 Å². The zero-order valence-corrected chi connectivity index (χ0v) is 14.4. The Balaban J connectivity index is 1.79. The van der Waals surface area contributed by atoms with Crippen LogP contribution in [0.3, 0.4) is 0 Å². The number of benzene rings is 3. The van der Waals surface area contributed by atoms with Crippen molar-refractivity contribution in [3.8, 4) is 28.3 Å². The molecule has 0 radical (unpaired) electrons. The number of nitrogens with zero attached hydrogens (tertiary/aromatic N) is 2. The van der Waals surface area contributed by atoms with Crippen molar-refractivity contribution in [1.82, 2.24) is 4.98 Å². The third-order valence-electron chi connectivity index (χ3n) is 4.82. The number of fused-ring (bicyclic) bond motifs is 3. The number of hydrogen-bond acceptors (Lipinski definition) is 3. The topological polar surface area (TPSA) is 49.8 Å². The molecule has 126 valence electrons. The van der Waals surface area contributed by atoms with E-state index < -0.39 is 0 Å². The fourth-order valence-corrected chi connectivity index (χ4v) is 3.52. The Labute approximate surface area is 156 Å². The van der Waals surface area contributed by atoms with Gasteiger partial charge in [-0.25, -0.2) is 0 Å². The van der Waals surface area contributed by atoms with Crippen molar-refractivity contribution in [3.63, 3.8) is 0 Å². The lowest BCUT2D eigenvalue weighted by Gasteiger charge is -2.02. The molecule has 0 amide bonds. The molecule has 0 fully saturated rings. The molecule has 0 bridgehead atoms. The first kappa shape index (κ1) is 15.4. The van der Waals surface area contributed by atoms with E-state index in [4.69, 9.17) is 9.68 Å². The summed E-state index contributed by atoms with van der Waals surface area (Å²) in [6, 6.07) is 26.1. The summed E-state index contributed by atoms with van der Waals surface area (Å²) in [6.07, 6.45) is 3.62. The highest BCUT2D eigenvalue weighted by Crippen LogP contribution is 2.39. The minimum Gasteiger partial charge on any atom is -0.455 e. The van der Waals surface area contributed by atoms with E-state index in [1.54, 1.807) is 6.20 Å². The zero-order chi connectivity index (χ0) is 18.2. The summed E-state index contributed by atoms with van der Waals surface area (Å²) in [5, 5.41) is 11.2. The van der Waals surface area contributed by atoms with E-state index in [1.165, 1.54) is 0 Å². The van der Waals surface area contributed by atoms with Crippen molar-refractivity contribution in [2.45, 2.75) is 0 Å². The van der Waals surface area contributed by atoms with Gasteiger partial charge in [0.1, 0.15) is 11.2 Å². The number of rotatable bonds is 2. The summed E-state index contributed by atoms with van der Waals surface area (Å²) >= 11 is 0. The molecule has 0 N–H and O–H groups in total. The Morgan fingerprint density at radius 2 is 1.37 bits per heavy atom. The average Bonchev–Trinajstić information content (AvgIpc) is 3.13. The average molecular weight is 346 g/mol. The lowest BCUT2D eigenvalue weighted by atomic mass is 10.0. The van der Waals surface area contributed by atoms with Crippen molar-refractivity contribution in [2.75, 3.05) is 0 Å². The maximum absolute atomic E-state index is 9.03. The lowest BCUT2D eigenvalue weighted by molar-refractivity contribution is 0.671. The summed E-state index contributed by atoms with van der Waals surface area (Å²) in [7, 11) is 0. The minimum absolute atomic E-state index is 0.648. The summed E-state index contributed by atoms with van der Waals surface area (Å²) in [6.45, 7) is 0. The highest BCUT2D eigenvalue weighted by Gasteiger charge is 2.15. The molecule has 0 saturated carbocycles. The fraction of sp³-hybridized carbons (Fsp3) is 0. The molecule has 0 aliphatic rings. The maximum Gasteiger partial charge on any atom is 0.143 e. The second-order valence-electron chi connectivity index (χ2n) is 6.40. The first-order valence-electron chi connectivity index (χ1n) is 8.70. The monoisotopic (exact) mass is 346 g/mol. The summed E-state index contributed by atoms with van der Waals surface area (Å²) in [5.74, 6) is 0. The van der Waals surface area contributed by atoms with E-state index in [9.17, 15) is 0 Å². The Morgan fingerprint density at radius 1 is 0.704 bits per heavy atom. The largest absolute Gasteiger partial charge is 0.455 e. The molecule has 2 aromatic heterocycles. The molecule has 27 heavy (non-hydrogen) atoms. The van der Waals surface area contributed by atoms with Gasteiger partial charge in [0.05, 0.1) is 11.6 Å². The molecular formula is C24H14N2O. The van der Waals surface area contributed by atoms with Crippen LogP contribution in [0.4, 0.5) is 0 Å². The van der Waals surface area contributed by atoms with Crippen LogP contribution in [0.25, 0.3) is 44.2 Å². The Morgan fingerprint density at radius 3 is 1.96 bits per heavy atom. The highest BCUT2D eigenvalue weighted by molar-refractivity contribution is 6.12. The van der Waals surface area contributed by atoms with Gasteiger partial charge in [-0.3, -0.25) is 4.98 Å². The van der Waals surface area contributed by atoms with Crippen molar-refractivity contribution >= 4 is 21.9 Å². The van der Waals surface area contributed by atoms with Gasteiger partial charge >= 0.3 is 0 Å². The van der Waals surface area contributed by atoms with Gasteiger partial charge < -0.3 is 4.42 Å². The zero-order valence-electron chi connectivity index (χ0n) is 14.4. The lowest BCUT2D eigenvalue weighted by Crippen LogP contribution is -1.80. The molecule has 0 saturated heterocycles. The molecule has 0 aliphatic heterocycles. The second-order valence-corrected chi connectivity index (χ2v) is 6.40. The van der Waals surface area contributed by atoms with E-state index in [0.717, 1.165) is 44.2 Å². The predicted molar refractivity (Wildman–Crippen MR) is 107 cm³/mol. The quantitative estimate of drug-likeness (QED) is 0.383. The van der Waals surface area contributed by atoms with Crippen LogP contribution < -0.4 is 0 Å². The van der Waals surface area contributed by atoms with E-state index in [1.807, 2.05) is 54.7 Å². The van der Waals surface area contributed by atoms with Crippen LogP contribution in [0.1, 0.15) is 5.56 Å². The molecule has 3 aromatic carbocycles. The SMILES string of the molecule is N#Cc1ccc(-c2cccc3c2oc2c(-c4cccnc4)cccc23)cc1. The number of aromatic nitrogens is 1. The molecule has 2 heterocycles. The summed E-state index contributed by atoms with van der Waals surface area (Å²) in [4.78, 5) is 4.24. The number of furan rings is 1. The molecule has 5 aromatic rings. The Bertz CT molecular complexity index is 1310. The number of nitriles is 1.